The molecule has 0 fully saturated rings. The SMILES string of the molecule is Cc1cc(C(=O)Nc2nc3c(s2)CSc2ccccc2-3)n(C(C)C)n1. The normalized spacial score (nSPS) is 12.8. The quantitative estimate of drug-likeness (QED) is 0.722. The molecule has 0 aliphatic carbocycles. The Hall–Kier alpha value is -2.12. The summed E-state index contributed by atoms with van der Waals surface area (Å²) < 4.78 is 1.75. The number of nitrogens with one attached hydrogen (secondary N) is 1. The van der Waals surface area contributed by atoms with Gasteiger partial charge in [0.2, 0.25) is 0 Å². The van der Waals surface area contributed by atoms with Crippen LogP contribution in [0.15, 0.2) is 35.2 Å². The van der Waals surface area contributed by atoms with E-state index in [4.69, 9.17) is 0 Å². The molecule has 1 aliphatic heterocycles. The van der Waals surface area contributed by atoms with Gasteiger partial charge in [-0.3, -0.25) is 14.8 Å². The zero-order valence-electron chi connectivity index (χ0n) is 14.2. The zero-order chi connectivity index (χ0) is 17.6. The van der Waals surface area contributed by atoms with E-state index in [0.29, 0.717) is 10.8 Å². The maximum atomic E-state index is 12.7. The average molecular weight is 371 g/mol. The van der Waals surface area contributed by atoms with E-state index in [1.54, 1.807) is 16.0 Å². The molecule has 3 aromatic rings. The fourth-order valence-electron chi connectivity index (χ4n) is 2.89. The van der Waals surface area contributed by atoms with Crippen molar-refractivity contribution in [3.8, 4) is 11.3 Å². The number of aromatic nitrogens is 3. The third kappa shape index (κ3) is 2.98. The summed E-state index contributed by atoms with van der Waals surface area (Å²) in [5.74, 6) is 0.726. The summed E-state index contributed by atoms with van der Waals surface area (Å²) >= 11 is 3.36. The van der Waals surface area contributed by atoms with Crippen molar-refractivity contribution in [1.82, 2.24) is 14.8 Å². The topological polar surface area (TPSA) is 59.8 Å². The number of benzene rings is 1. The van der Waals surface area contributed by atoms with E-state index in [1.165, 1.54) is 9.77 Å². The number of carbonyl (C=O) groups excluding carboxylic acids is 1. The second kappa shape index (κ2) is 6.31. The van der Waals surface area contributed by atoms with Crippen LogP contribution in [0.5, 0.6) is 0 Å². The Balaban J connectivity index is 1.63. The second-order valence-corrected chi connectivity index (χ2v) is 8.34. The van der Waals surface area contributed by atoms with Gasteiger partial charge in [0.1, 0.15) is 5.69 Å². The Morgan fingerprint density at radius 1 is 1.32 bits per heavy atom. The summed E-state index contributed by atoms with van der Waals surface area (Å²) in [7, 11) is 0. The number of hydrogen-bond donors (Lipinski definition) is 1. The third-order valence-electron chi connectivity index (χ3n) is 4.00. The minimum absolute atomic E-state index is 0.127. The fraction of sp³-hybridized carbons (Fsp3) is 0.278. The number of fused-ring (bicyclic) bond motifs is 3. The van der Waals surface area contributed by atoms with E-state index in [-0.39, 0.29) is 11.9 Å². The lowest BCUT2D eigenvalue weighted by Gasteiger charge is -2.13. The van der Waals surface area contributed by atoms with Crippen LogP contribution in [0.2, 0.25) is 0 Å². The van der Waals surface area contributed by atoms with Gasteiger partial charge in [-0.1, -0.05) is 18.2 Å². The van der Waals surface area contributed by atoms with Crippen LogP contribution in [0.3, 0.4) is 0 Å². The Labute approximate surface area is 154 Å². The van der Waals surface area contributed by atoms with Gasteiger partial charge in [0.15, 0.2) is 5.13 Å². The van der Waals surface area contributed by atoms with Gasteiger partial charge in [-0.05, 0) is 32.9 Å². The summed E-state index contributed by atoms with van der Waals surface area (Å²) in [6.07, 6.45) is 0. The number of aryl methyl sites for hydroxylation is 1. The molecule has 128 valence electrons. The first-order chi connectivity index (χ1) is 12.0. The zero-order valence-corrected chi connectivity index (χ0v) is 15.9. The lowest BCUT2D eigenvalue weighted by molar-refractivity contribution is 0.101. The van der Waals surface area contributed by atoms with Gasteiger partial charge in [0.05, 0.1) is 11.4 Å². The van der Waals surface area contributed by atoms with Crippen LogP contribution in [-0.2, 0) is 5.75 Å². The van der Waals surface area contributed by atoms with Crippen LogP contribution in [0.1, 0.15) is 40.9 Å². The standard InChI is InChI=1S/C18H18N4OS2/c1-10(2)22-13(8-11(3)21-22)17(23)20-18-19-16-12-6-4-5-7-14(12)24-9-15(16)25-18/h4-8,10H,9H2,1-3H3,(H,19,20,23). The molecule has 1 N–H and O–H groups in total. The van der Waals surface area contributed by atoms with Gasteiger partial charge in [0, 0.05) is 27.1 Å². The highest BCUT2D eigenvalue weighted by molar-refractivity contribution is 7.98. The average Bonchev–Trinajstić information content (AvgIpc) is 3.18. The monoisotopic (exact) mass is 370 g/mol. The van der Waals surface area contributed by atoms with Crippen LogP contribution >= 0.6 is 23.1 Å². The Kier molecular flexibility index (Phi) is 4.13. The van der Waals surface area contributed by atoms with Crippen LogP contribution in [0, 0.1) is 6.92 Å². The van der Waals surface area contributed by atoms with Crippen LogP contribution in [0.4, 0.5) is 5.13 Å². The largest absolute Gasteiger partial charge is 0.296 e. The van der Waals surface area contributed by atoms with Gasteiger partial charge in [-0.2, -0.15) is 5.10 Å². The number of carbonyl (C=O) groups is 1. The molecule has 0 saturated carbocycles. The van der Waals surface area contributed by atoms with E-state index in [1.807, 2.05) is 50.7 Å². The molecule has 1 amide bonds. The van der Waals surface area contributed by atoms with Crippen molar-refractivity contribution in [3.05, 3.63) is 46.6 Å². The van der Waals surface area contributed by atoms with Crippen molar-refractivity contribution in [1.29, 1.82) is 0 Å². The molecule has 3 heterocycles. The Morgan fingerprint density at radius 3 is 2.92 bits per heavy atom. The molecular weight excluding hydrogens is 352 g/mol. The summed E-state index contributed by atoms with van der Waals surface area (Å²) in [4.78, 5) is 19.8. The molecule has 0 unspecified atom stereocenters. The first kappa shape index (κ1) is 16.4. The van der Waals surface area contributed by atoms with Crippen molar-refractivity contribution in [2.75, 3.05) is 5.32 Å². The molecule has 0 saturated heterocycles. The molecule has 1 aliphatic rings. The maximum absolute atomic E-state index is 12.7. The Morgan fingerprint density at radius 2 is 2.12 bits per heavy atom. The number of rotatable bonds is 3. The molecule has 25 heavy (non-hydrogen) atoms. The molecule has 5 nitrogen and oxygen atoms in total. The summed E-state index contributed by atoms with van der Waals surface area (Å²) in [5.41, 5.74) is 3.54. The molecule has 1 aromatic carbocycles. The molecule has 0 bridgehead atoms. The van der Waals surface area contributed by atoms with Crippen LogP contribution < -0.4 is 5.32 Å². The first-order valence-corrected chi connectivity index (χ1v) is 9.92. The number of anilines is 1. The third-order valence-corrected chi connectivity index (χ3v) is 6.25. The predicted octanol–water partition coefficient (Wildman–Crippen LogP) is 4.75. The first-order valence-electron chi connectivity index (χ1n) is 8.12. The van der Waals surface area contributed by atoms with Crippen molar-refractivity contribution >= 4 is 34.1 Å². The van der Waals surface area contributed by atoms with E-state index < -0.39 is 0 Å². The summed E-state index contributed by atoms with van der Waals surface area (Å²) in [5, 5.41) is 8.00. The molecule has 0 radical (unpaired) electrons. The molecule has 0 spiro atoms. The molecule has 7 heteroatoms. The second-order valence-electron chi connectivity index (χ2n) is 6.24. The van der Waals surface area contributed by atoms with Gasteiger partial charge in [-0.25, -0.2) is 4.98 Å². The predicted molar refractivity (Wildman–Crippen MR) is 102 cm³/mol. The van der Waals surface area contributed by atoms with E-state index in [0.717, 1.165) is 22.7 Å². The lowest BCUT2D eigenvalue weighted by Crippen LogP contribution is -2.18. The Bertz CT molecular complexity index is 958. The van der Waals surface area contributed by atoms with Crippen molar-refractivity contribution in [2.24, 2.45) is 0 Å². The number of nitrogens with zero attached hydrogens (tertiary/aromatic N) is 3. The fourth-order valence-corrected chi connectivity index (χ4v) is 4.98. The van der Waals surface area contributed by atoms with Crippen LogP contribution in [-0.4, -0.2) is 20.7 Å². The molecule has 2 aromatic heterocycles. The van der Waals surface area contributed by atoms with E-state index >= 15 is 0 Å². The van der Waals surface area contributed by atoms with Gasteiger partial charge in [0.25, 0.3) is 5.91 Å². The highest BCUT2D eigenvalue weighted by atomic mass is 32.2. The number of thiazole rings is 1. The highest BCUT2D eigenvalue weighted by Gasteiger charge is 2.23. The van der Waals surface area contributed by atoms with Crippen LogP contribution in [0.25, 0.3) is 11.3 Å². The lowest BCUT2D eigenvalue weighted by atomic mass is 10.1. The maximum Gasteiger partial charge on any atom is 0.275 e. The van der Waals surface area contributed by atoms with Gasteiger partial charge < -0.3 is 0 Å². The minimum Gasteiger partial charge on any atom is -0.296 e. The summed E-state index contributed by atoms with van der Waals surface area (Å²) in [6.45, 7) is 5.92. The minimum atomic E-state index is -0.165. The number of hydrogen-bond acceptors (Lipinski definition) is 5. The van der Waals surface area contributed by atoms with Crippen molar-refractivity contribution in [3.63, 3.8) is 0 Å². The molecular formula is C18H18N4OS2. The van der Waals surface area contributed by atoms with Crippen molar-refractivity contribution < 1.29 is 4.79 Å². The van der Waals surface area contributed by atoms with Gasteiger partial charge in [-0.15, -0.1) is 23.1 Å². The smallest absolute Gasteiger partial charge is 0.275 e. The van der Waals surface area contributed by atoms with Crippen molar-refractivity contribution in [2.45, 2.75) is 37.5 Å². The molecule has 0 atom stereocenters. The van der Waals surface area contributed by atoms with E-state index in [9.17, 15) is 4.79 Å². The van der Waals surface area contributed by atoms with Gasteiger partial charge >= 0.3 is 0 Å². The highest BCUT2D eigenvalue weighted by Crippen LogP contribution is 2.44. The summed E-state index contributed by atoms with van der Waals surface area (Å²) in [6, 6.07) is 10.2. The molecule has 4 rings (SSSR count). The van der Waals surface area contributed by atoms with E-state index in [2.05, 4.69) is 27.5 Å². The number of amides is 1. The number of thioether (sulfide) groups is 1.